The van der Waals surface area contributed by atoms with Gasteiger partial charge in [0.25, 0.3) is 0 Å². The third-order valence-electron chi connectivity index (χ3n) is 6.72. The van der Waals surface area contributed by atoms with E-state index >= 15 is 0 Å². The van der Waals surface area contributed by atoms with Gasteiger partial charge >= 0.3 is 0 Å². The van der Waals surface area contributed by atoms with Gasteiger partial charge in [0.1, 0.15) is 0 Å². The van der Waals surface area contributed by atoms with Gasteiger partial charge in [0.05, 0.1) is 18.2 Å². The molecular weight excluding hydrogens is 460 g/mol. The number of aliphatic hydroxyl groups is 1. The third kappa shape index (κ3) is 5.39. The van der Waals surface area contributed by atoms with E-state index in [1.807, 2.05) is 78.5 Å². The normalized spacial score (nSPS) is 17.6. The lowest BCUT2D eigenvalue weighted by Gasteiger charge is -2.43. The van der Waals surface area contributed by atoms with Crippen LogP contribution in [0.1, 0.15) is 47.0 Å². The number of rotatable bonds is 6. The highest BCUT2D eigenvalue weighted by Gasteiger charge is 2.41. The van der Waals surface area contributed by atoms with E-state index in [0.717, 1.165) is 47.8 Å². The van der Waals surface area contributed by atoms with E-state index in [2.05, 4.69) is 20.4 Å². The molecule has 3 heterocycles. The summed E-state index contributed by atoms with van der Waals surface area (Å²) in [5.41, 5.74) is 2.20. The molecule has 0 aliphatic carbocycles. The summed E-state index contributed by atoms with van der Waals surface area (Å²) in [5.74, 6) is 0.823. The van der Waals surface area contributed by atoms with Crippen molar-refractivity contribution in [1.82, 2.24) is 15.5 Å². The van der Waals surface area contributed by atoms with Gasteiger partial charge in [-0.05, 0) is 36.6 Å². The highest BCUT2D eigenvalue weighted by atomic mass is 32.2. The van der Waals surface area contributed by atoms with Gasteiger partial charge in [0.15, 0.2) is 11.6 Å². The Hall–Kier alpha value is -3.23. The minimum Gasteiger partial charge on any atom is -0.387 e. The van der Waals surface area contributed by atoms with Crippen LogP contribution in [0.3, 0.4) is 0 Å². The summed E-state index contributed by atoms with van der Waals surface area (Å²) in [6, 6.07) is 20.9. The Balaban J connectivity index is 1.12. The zero-order valence-electron chi connectivity index (χ0n) is 19.4. The first kappa shape index (κ1) is 23.5. The summed E-state index contributed by atoms with van der Waals surface area (Å²) in [5, 5.41) is 21.6. The van der Waals surface area contributed by atoms with Crippen LogP contribution >= 0.6 is 11.8 Å². The minimum absolute atomic E-state index is 0.0439. The Morgan fingerprint density at radius 1 is 1.03 bits per heavy atom. The quantitative estimate of drug-likeness (QED) is 0.548. The molecule has 3 aromatic rings. The van der Waals surface area contributed by atoms with Crippen molar-refractivity contribution in [3.05, 3.63) is 83.6 Å². The Kier molecular flexibility index (Phi) is 6.83. The van der Waals surface area contributed by atoms with Crippen LogP contribution < -0.4 is 10.2 Å². The van der Waals surface area contributed by atoms with Crippen molar-refractivity contribution in [3.8, 4) is 0 Å². The number of piperidine rings is 1. The summed E-state index contributed by atoms with van der Waals surface area (Å²) in [4.78, 5) is 28.3. The summed E-state index contributed by atoms with van der Waals surface area (Å²) in [6.07, 6.45) is 1.76. The van der Waals surface area contributed by atoms with E-state index in [9.17, 15) is 14.7 Å². The Labute approximate surface area is 209 Å². The first-order valence-electron chi connectivity index (χ1n) is 11.9. The fourth-order valence-electron chi connectivity index (χ4n) is 4.71. The average Bonchev–Trinajstić information content (AvgIpc) is 2.89. The lowest BCUT2D eigenvalue weighted by atomic mass is 9.88. The number of Topliss-reactive ketones (excluding diaryl/α,β-unsaturated/α-hetero) is 1. The Bertz CT molecular complexity index is 1190. The maximum absolute atomic E-state index is 12.7. The molecule has 0 radical (unpaired) electrons. The number of anilines is 1. The van der Waals surface area contributed by atoms with E-state index in [0.29, 0.717) is 12.1 Å². The molecule has 2 aromatic carbocycles. The Morgan fingerprint density at radius 2 is 1.77 bits per heavy atom. The molecule has 0 saturated carbocycles. The van der Waals surface area contributed by atoms with Crippen LogP contribution in [0.4, 0.5) is 5.82 Å². The van der Waals surface area contributed by atoms with Gasteiger partial charge in [-0.15, -0.1) is 16.9 Å². The van der Waals surface area contributed by atoms with Crippen molar-refractivity contribution in [2.24, 2.45) is 0 Å². The maximum Gasteiger partial charge on any atom is 0.226 e. The third-order valence-corrected chi connectivity index (χ3v) is 8.28. The molecule has 2 N–H and O–H groups in total. The van der Waals surface area contributed by atoms with Crippen molar-refractivity contribution in [3.63, 3.8) is 0 Å². The van der Waals surface area contributed by atoms with Crippen molar-refractivity contribution >= 4 is 29.3 Å². The Morgan fingerprint density at radius 3 is 2.51 bits per heavy atom. The number of carbonyl (C=O) groups excluding carboxylic acids is 2. The molecule has 35 heavy (non-hydrogen) atoms. The van der Waals surface area contributed by atoms with Crippen LogP contribution in [0.5, 0.6) is 0 Å². The monoisotopic (exact) mass is 488 g/mol. The van der Waals surface area contributed by atoms with Gasteiger partial charge in [0.2, 0.25) is 5.91 Å². The molecule has 2 aliphatic heterocycles. The van der Waals surface area contributed by atoms with Crippen LogP contribution in [0.25, 0.3) is 0 Å². The fourth-order valence-corrected chi connectivity index (χ4v) is 6.21. The number of carbonyl (C=O) groups is 2. The number of amides is 1. The highest BCUT2D eigenvalue weighted by Crippen LogP contribution is 2.49. The van der Waals surface area contributed by atoms with Crippen molar-refractivity contribution in [2.45, 2.75) is 41.4 Å². The first-order valence-corrected chi connectivity index (χ1v) is 12.7. The van der Waals surface area contributed by atoms with Gasteiger partial charge in [-0.3, -0.25) is 9.59 Å². The molecule has 1 spiro atoms. The zero-order valence-corrected chi connectivity index (χ0v) is 20.2. The van der Waals surface area contributed by atoms with E-state index in [1.54, 1.807) is 0 Å². The molecule has 5 rings (SSSR count). The van der Waals surface area contributed by atoms with Crippen LogP contribution in [-0.2, 0) is 11.2 Å². The fraction of sp³-hybridized carbons (Fsp3) is 0.333. The standard InChI is InChI=1S/C27H28N4O3S/c32-22-17-27(35-24-9-5-4-8-21(22)24)12-14-31(15-13-27)25-11-10-20(29-30-25)16-26(34)28-18-23(33)19-6-2-1-3-7-19/h1-11,23,33H,12-18H2,(H,28,34). The van der Waals surface area contributed by atoms with E-state index < -0.39 is 6.10 Å². The lowest BCUT2D eigenvalue weighted by Crippen LogP contribution is -2.45. The molecule has 2 aliphatic rings. The summed E-state index contributed by atoms with van der Waals surface area (Å²) in [6.45, 7) is 1.78. The largest absolute Gasteiger partial charge is 0.387 e. The number of aliphatic hydroxyl groups excluding tert-OH is 1. The number of hydrogen-bond acceptors (Lipinski definition) is 7. The topological polar surface area (TPSA) is 95.4 Å². The van der Waals surface area contributed by atoms with E-state index in [4.69, 9.17) is 0 Å². The zero-order chi connectivity index (χ0) is 24.3. The van der Waals surface area contributed by atoms with Gasteiger partial charge in [-0.25, -0.2) is 0 Å². The van der Waals surface area contributed by atoms with Gasteiger partial charge < -0.3 is 15.3 Å². The molecule has 1 saturated heterocycles. The average molecular weight is 489 g/mol. The number of nitrogens with zero attached hydrogens (tertiary/aromatic N) is 3. The molecule has 1 unspecified atom stereocenters. The number of thioether (sulfide) groups is 1. The maximum atomic E-state index is 12.7. The molecule has 0 bridgehead atoms. The van der Waals surface area contributed by atoms with Crippen LogP contribution in [0, 0.1) is 0 Å². The molecule has 180 valence electrons. The number of fused-ring (bicyclic) bond motifs is 1. The number of ketones is 1. The summed E-state index contributed by atoms with van der Waals surface area (Å²) < 4.78 is -0.0439. The minimum atomic E-state index is -0.748. The van der Waals surface area contributed by atoms with Crippen molar-refractivity contribution in [1.29, 1.82) is 0 Å². The number of benzene rings is 2. The number of hydrogen-bond donors (Lipinski definition) is 2. The highest BCUT2D eigenvalue weighted by molar-refractivity contribution is 8.01. The molecule has 8 heteroatoms. The number of nitrogens with one attached hydrogen (secondary N) is 1. The van der Waals surface area contributed by atoms with Crippen LogP contribution in [0.2, 0.25) is 0 Å². The van der Waals surface area contributed by atoms with E-state index in [1.165, 1.54) is 0 Å². The lowest BCUT2D eigenvalue weighted by molar-refractivity contribution is -0.121. The SMILES string of the molecule is O=C(Cc1ccc(N2CCC3(CC2)CC(=O)c2ccccc2S3)nn1)NCC(O)c1ccccc1. The van der Waals surface area contributed by atoms with E-state index in [-0.39, 0.29) is 29.4 Å². The van der Waals surface area contributed by atoms with Crippen molar-refractivity contribution in [2.75, 3.05) is 24.5 Å². The van der Waals surface area contributed by atoms with Gasteiger partial charge in [-0.1, -0.05) is 48.5 Å². The van der Waals surface area contributed by atoms with Gasteiger partial charge in [0, 0.05) is 41.3 Å². The molecule has 1 aromatic heterocycles. The predicted octanol–water partition coefficient (Wildman–Crippen LogP) is 3.59. The molecule has 1 fully saturated rings. The first-order chi connectivity index (χ1) is 17.0. The molecular formula is C27H28N4O3S. The summed E-state index contributed by atoms with van der Waals surface area (Å²) in [7, 11) is 0. The number of aromatic nitrogens is 2. The second kappa shape index (κ2) is 10.2. The second-order valence-corrected chi connectivity index (χ2v) is 10.7. The van der Waals surface area contributed by atoms with Crippen LogP contribution in [0.15, 0.2) is 71.6 Å². The van der Waals surface area contributed by atoms with Crippen LogP contribution in [-0.4, -0.2) is 51.4 Å². The molecule has 1 amide bonds. The molecule has 1 atom stereocenters. The second-order valence-electron chi connectivity index (χ2n) is 9.16. The van der Waals surface area contributed by atoms with Crippen molar-refractivity contribution < 1.29 is 14.7 Å². The molecule has 7 nitrogen and oxygen atoms in total. The smallest absolute Gasteiger partial charge is 0.226 e. The van der Waals surface area contributed by atoms with Gasteiger partial charge in [-0.2, -0.15) is 5.10 Å². The summed E-state index contributed by atoms with van der Waals surface area (Å²) >= 11 is 1.85. The predicted molar refractivity (Wildman–Crippen MR) is 136 cm³/mol.